The van der Waals surface area contributed by atoms with E-state index >= 15 is 0 Å². The number of rotatable bonds is 3. The van der Waals surface area contributed by atoms with Crippen LogP contribution in [0.1, 0.15) is 12.8 Å². The van der Waals surface area contributed by atoms with E-state index in [-0.39, 0.29) is 0 Å². The molecule has 1 aliphatic heterocycles. The van der Waals surface area contributed by atoms with Gasteiger partial charge in [0.2, 0.25) is 5.88 Å². The van der Waals surface area contributed by atoms with Crippen molar-refractivity contribution in [3.8, 4) is 5.88 Å². The molecule has 4 heteroatoms. The lowest BCUT2D eigenvalue weighted by molar-refractivity contribution is 0.0344. The Balaban J connectivity index is 1.79. The quantitative estimate of drug-likeness (QED) is 0.817. The lowest BCUT2D eigenvalue weighted by atomic mass is 10.0. The molecular weight excluding hydrogens is 192 g/mol. The van der Waals surface area contributed by atoms with Crippen LogP contribution in [0.3, 0.4) is 0 Å². The molecule has 15 heavy (non-hydrogen) atoms. The summed E-state index contributed by atoms with van der Waals surface area (Å²) in [4.78, 5) is 4.07. The van der Waals surface area contributed by atoms with Crippen LogP contribution in [-0.2, 0) is 4.74 Å². The number of pyridine rings is 1. The summed E-state index contributed by atoms with van der Waals surface area (Å²) < 4.78 is 10.9. The molecule has 0 aromatic carbocycles. The minimum atomic E-state index is 0.498. The first kappa shape index (κ1) is 10.2. The molecule has 0 amide bonds. The van der Waals surface area contributed by atoms with Gasteiger partial charge in [-0.1, -0.05) is 0 Å². The van der Waals surface area contributed by atoms with E-state index in [0.29, 0.717) is 24.1 Å². The van der Waals surface area contributed by atoms with Gasteiger partial charge < -0.3 is 15.2 Å². The summed E-state index contributed by atoms with van der Waals surface area (Å²) in [6.07, 6.45) is 3.91. The molecule has 4 nitrogen and oxygen atoms in total. The summed E-state index contributed by atoms with van der Waals surface area (Å²) in [6, 6.07) is 3.58. The van der Waals surface area contributed by atoms with E-state index in [2.05, 4.69) is 4.98 Å². The Morgan fingerprint density at radius 1 is 1.53 bits per heavy atom. The molecule has 0 unspecified atom stereocenters. The fourth-order valence-electron chi connectivity index (χ4n) is 1.62. The zero-order chi connectivity index (χ0) is 10.5. The summed E-state index contributed by atoms with van der Waals surface area (Å²) in [6.45, 7) is 2.36. The van der Waals surface area contributed by atoms with Gasteiger partial charge in [-0.15, -0.1) is 0 Å². The lowest BCUT2D eigenvalue weighted by Crippen LogP contribution is -2.23. The molecule has 2 N–H and O–H groups in total. The van der Waals surface area contributed by atoms with Crippen molar-refractivity contribution in [3.05, 3.63) is 18.3 Å². The van der Waals surface area contributed by atoms with Crippen LogP contribution >= 0.6 is 0 Å². The van der Waals surface area contributed by atoms with E-state index in [0.717, 1.165) is 19.6 Å². The number of hydrogen-bond donors (Lipinski definition) is 1. The topological polar surface area (TPSA) is 57.4 Å². The third-order valence-electron chi connectivity index (χ3n) is 2.48. The van der Waals surface area contributed by atoms with Crippen LogP contribution in [0, 0.1) is 5.92 Å². The van der Waals surface area contributed by atoms with Crippen molar-refractivity contribution in [2.45, 2.75) is 12.8 Å². The zero-order valence-corrected chi connectivity index (χ0v) is 8.69. The number of hydrogen-bond acceptors (Lipinski definition) is 4. The largest absolute Gasteiger partial charge is 0.477 e. The Morgan fingerprint density at radius 2 is 2.47 bits per heavy atom. The highest BCUT2D eigenvalue weighted by Gasteiger charge is 2.14. The SMILES string of the molecule is Nc1ccc(OC[C@@H]2CCCOC2)nc1. The van der Waals surface area contributed by atoms with Crippen molar-refractivity contribution in [2.75, 3.05) is 25.6 Å². The van der Waals surface area contributed by atoms with Gasteiger partial charge in [0, 0.05) is 18.6 Å². The van der Waals surface area contributed by atoms with Crippen molar-refractivity contribution in [1.82, 2.24) is 4.98 Å². The summed E-state index contributed by atoms with van der Waals surface area (Å²) in [5, 5.41) is 0. The summed E-state index contributed by atoms with van der Waals surface area (Å²) in [5.41, 5.74) is 6.18. The molecule has 1 atom stereocenters. The first-order valence-corrected chi connectivity index (χ1v) is 5.26. The fraction of sp³-hybridized carbons (Fsp3) is 0.545. The van der Waals surface area contributed by atoms with Crippen molar-refractivity contribution >= 4 is 5.69 Å². The highest BCUT2D eigenvalue weighted by atomic mass is 16.5. The van der Waals surface area contributed by atoms with Crippen LogP contribution in [0.15, 0.2) is 18.3 Å². The highest BCUT2D eigenvalue weighted by Crippen LogP contribution is 2.15. The van der Waals surface area contributed by atoms with Crippen molar-refractivity contribution < 1.29 is 9.47 Å². The Hall–Kier alpha value is -1.29. The molecule has 1 fully saturated rings. The average molecular weight is 208 g/mol. The van der Waals surface area contributed by atoms with Gasteiger partial charge in [0.15, 0.2) is 0 Å². The van der Waals surface area contributed by atoms with Gasteiger partial charge in [0.1, 0.15) is 0 Å². The maximum Gasteiger partial charge on any atom is 0.213 e. The van der Waals surface area contributed by atoms with Crippen molar-refractivity contribution in [1.29, 1.82) is 0 Å². The molecule has 1 saturated heterocycles. The van der Waals surface area contributed by atoms with E-state index in [1.807, 2.05) is 0 Å². The summed E-state index contributed by atoms with van der Waals surface area (Å²) in [7, 11) is 0. The molecule has 0 saturated carbocycles. The fourth-order valence-corrected chi connectivity index (χ4v) is 1.62. The van der Waals surface area contributed by atoms with Gasteiger partial charge in [-0.05, 0) is 18.9 Å². The average Bonchev–Trinajstić information content (AvgIpc) is 2.30. The second-order valence-corrected chi connectivity index (χ2v) is 3.82. The standard InChI is InChI=1S/C11H16N2O2/c12-10-3-4-11(13-6-10)15-8-9-2-1-5-14-7-9/h3-4,6,9H,1-2,5,7-8,12H2/t9-/m1/s1. The van der Waals surface area contributed by atoms with Gasteiger partial charge in [0.05, 0.1) is 25.1 Å². The second-order valence-electron chi connectivity index (χ2n) is 3.82. The molecule has 1 aliphatic rings. The predicted molar refractivity (Wildman–Crippen MR) is 57.7 cm³/mol. The number of nitrogens with two attached hydrogens (primary N) is 1. The van der Waals surface area contributed by atoms with Gasteiger partial charge in [-0.3, -0.25) is 0 Å². The number of nitrogens with zero attached hydrogens (tertiary/aromatic N) is 1. The molecule has 0 bridgehead atoms. The third-order valence-corrected chi connectivity index (χ3v) is 2.48. The van der Waals surface area contributed by atoms with Crippen LogP contribution in [0.2, 0.25) is 0 Å². The van der Waals surface area contributed by atoms with E-state index in [1.165, 1.54) is 6.42 Å². The van der Waals surface area contributed by atoms with Crippen LogP contribution in [0.25, 0.3) is 0 Å². The van der Waals surface area contributed by atoms with E-state index in [4.69, 9.17) is 15.2 Å². The number of anilines is 1. The van der Waals surface area contributed by atoms with Gasteiger partial charge in [0.25, 0.3) is 0 Å². The zero-order valence-electron chi connectivity index (χ0n) is 8.69. The highest BCUT2D eigenvalue weighted by molar-refractivity contribution is 5.35. The molecule has 82 valence electrons. The van der Waals surface area contributed by atoms with Gasteiger partial charge in [-0.2, -0.15) is 0 Å². The first-order valence-electron chi connectivity index (χ1n) is 5.26. The van der Waals surface area contributed by atoms with Gasteiger partial charge >= 0.3 is 0 Å². The maximum absolute atomic E-state index is 5.55. The lowest BCUT2D eigenvalue weighted by Gasteiger charge is -2.21. The molecule has 2 heterocycles. The smallest absolute Gasteiger partial charge is 0.213 e. The van der Waals surface area contributed by atoms with Gasteiger partial charge in [-0.25, -0.2) is 4.98 Å². The number of ether oxygens (including phenoxy) is 2. The monoisotopic (exact) mass is 208 g/mol. The molecular formula is C11H16N2O2. The Kier molecular flexibility index (Phi) is 3.40. The van der Waals surface area contributed by atoms with Crippen LogP contribution in [-0.4, -0.2) is 24.8 Å². The predicted octanol–water partition coefficient (Wildman–Crippen LogP) is 1.47. The van der Waals surface area contributed by atoms with Crippen molar-refractivity contribution in [3.63, 3.8) is 0 Å². The molecule has 0 radical (unpaired) electrons. The molecule has 1 aromatic heterocycles. The second kappa shape index (κ2) is 4.98. The minimum absolute atomic E-state index is 0.498. The van der Waals surface area contributed by atoms with Crippen molar-refractivity contribution in [2.24, 2.45) is 5.92 Å². The summed E-state index contributed by atoms with van der Waals surface area (Å²) in [5.74, 6) is 1.13. The van der Waals surface area contributed by atoms with E-state index < -0.39 is 0 Å². The van der Waals surface area contributed by atoms with Crippen LogP contribution < -0.4 is 10.5 Å². The molecule has 2 rings (SSSR count). The Labute approximate surface area is 89.4 Å². The molecule has 1 aromatic rings. The minimum Gasteiger partial charge on any atom is -0.477 e. The molecule has 0 aliphatic carbocycles. The normalized spacial score (nSPS) is 21.2. The molecule has 0 spiro atoms. The maximum atomic E-state index is 5.55. The number of aromatic nitrogens is 1. The van der Waals surface area contributed by atoms with Crippen LogP contribution in [0.5, 0.6) is 5.88 Å². The van der Waals surface area contributed by atoms with E-state index in [1.54, 1.807) is 18.3 Å². The van der Waals surface area contributed by atoms with Crippen LogP contribution in [0.4, 0.5) is 5.69 Å². The van der Waals surface area contributed by atoms with E-state index in [9.17, 15) is 0 Å². The third kappa shape index (κ3) is 3.09. The summed E-state index contributed by atoms with van der Waals surface area (Å²) >= 11 is 0. The Morgan fingerprint density at radius 3 is 3.13 bits per heavy atom. The Bertz CT molecular complexity index is 294. The first-order chi connectivity index (χ1) is 7.34. The number of nitrogen functional groups attached to an aromatic ring is 1.